The van der Waals surface area contributed by atoms with Gasteiger partial charge in [0.15, 0.2) is 5.78 Å². The number of carbonyl (C=O) groups is 2. The third kappa shape index (κ3) is 6.22. The summed E-state index contributed by atoms with van der Waals surface area (Å²) in [5, 5.41) is 0.0449. The van der Waals surface area contributed by atoms with Gasteiger partial charge in [0.1, 0.15) is 41.5 Å². The molecule has 0 bridgehead atoms. The highest BCUT2D eigenvalue weighted by Gasteiger charge is 2.47. The molecule has 1 amide bonds. The van der Waals surface area contributed by atoms with E-state index in [0.29, 0.717) is 32.2 Å². The fraction of sp³-hybridized carbons (Fsp3) is 0.281. The van der Waals surface area contributed by atoms with Crippen molar-refractivity contribution in [1.82, 2.24) is 19.9 Å². The molecule has 15 heteroatoms. The predicted molar refractivity (Wildman–Crippen MR) is 167 cm³/mol. The number of fused-ring (bicyclic) bond motifs is 1. The first kappa shape index (κ1) is 30.6. The van der Waals surface area contributed by atoms with Gasteiger partial charge in [0.2, 0.25) is 11.8 Å². The first-order chi connectivity index (χ1) is 22.8. The van der Waals surface area contributed by atoms with Crippen LogP contribution in [-0.2, 0) is 19.6 Å². The van der Waals surface area contributed by atoms with Gasteiger partial charge >= 0.3 is 0 Å². The molecule has 47 heavy (non-hydrogen) atoms. The van der Waals surface area contributed by atoms with Crippen LogP contribution in [0.3, 0.4) is 0 Å². The van der Waals surface area contributed by atoms with Gasteiger partial charge in [-0.2, -0.15) is 0 Å². The van der Waals surface area contributed by atoms with Crippen LogP contribution in [0.25, 0.3) is 22.0 Å². The average molecular weight is 668 g/mol. The van der Waals surface area contributed by atoms with Crippen LogP contribution in [0.15, 0.2) is 65.9 Å². The molecule has 4 heterocycles. The van der Waals surface area contributed by atoms with E-state index in [4.69, 9.17) is 6.11 Å². The zero-order valence-corrected chi connectivity index (χ0v) is 26.1. The lowest BCUT2D eigenvalue weighted by molar-refractivity contribution is -0.138. The number of anilines is 2. The number of nitrogens with zero attached hydrogens (tertiary/aromatic N) is 5. The normalized spacial score (nSPS) is 16.3. The van der Waals surface area contributed by atoms with Gasteiger partial charge in [-0.3, -0.25) is 14.3 Å². The first-order valence-electron chi connectivity index (χ1n) is 15.0. The molecule has 244 valence electrons. The minimum absolute atomic E-state index is 0.0121. The van der Waals surface area contributed by atoms with Crippen molar-refractivity contribution in [1.29, 1.82) is 0 Å². The number of ketones is 1. The molecule has 1 N–H and O–H groups in total. The standard InChI is InChI=1S/C32H29F3N6O5S/c1-19(42)4-9-27(43)41-16-32(17-41)10-3-11-40(15-32)30-28-24(37-18-38-30)7-6-22(29(28)35)20-12-25(31(46-2)36-14-20)39-47(44,45)26-8-5-21(33)13-23(26)34/h4-9,12-14,18,39H,3,10-11,15-17H2,1-2H3/b9-4+/i18D. The van der Waals surface area contributed by atoms with Crippen molar-refractivity contribution in [2.24, 2.45) is 5.41 Å². The number of methoxy groups -OCH3 is 1. The zero-order chi connectivity index (χ0) is 34.4. The molecular weight excluding hydrogens is 637 g/mol. The van der Waals surface area contributed by atoms with Gasteiger partial charge in [0.05, 0.1) is 18.0 Å². The number of rotatable bonds is 8. The van der Waals surface area contributed by atoms with Gasteiger partial charge < -0.3 is 14.5 Å². The smallest absolute Gasteiger partial charge is 0.264 e. The number of allylic oxidation sites excluding steroid dienone is 1. The molecule has 1 spiro atoms. The number of nitrogens with one attached hydrogen (secondary N) is 1. The van der Waals surface area contributed by atoms with Crippen LogP contribution in [0.4, 0.5) is 24.7 Å². The lowest BCUT2D eigenvalue weighted by Gasteiger charge is -2.54. The van der Waals surface area contributed by atoms with Gasteiger partial charge in [0.25, 0.3) is 10.0 Å². The maximum Gasteiger partial charge on any atom is 0.264 e. The second kappa shape index (κ2) is 12.3. The van der Waals surface area contributed by atoms with E-state index in [2.05, 4.69) is 19.7 Å². The monoisotopic (exact) mass is 667 g/mol. The summed E-state index contributed by atoms with van der Waals surface area (Å²) in [4.78, 5) is 39.0. The van der Waals surface area contributed by atoms with E-state index in [1.807, 2.05) is 4.90 Å². The number of amides is 1. The van der Waals surface area contributed by atoms with Crippen LogP contribution in [-0.4, -0.2) is 73.2 Å². The number of benzene rings is 2. The summed E-state index contributed by atoms with van der Waals surface area (Å²) in [6, 6.07) is 6.21. The molecule has 0 radical (unpaired) electrons. The summed E-state index contributed by atoms with van der Waals surface area (Å²) in [5.41, 5.74) is -0.175. The quantitative estimate of drug-likeness (QED) is 0.270. The maximum absolute atomic E-state index is 16.6. The molecule has 2 aromatic carbocycles. The molecule has 11 nitrogen and oxygen atoms in total. The number of halogens is 3. The minimum Gasteiger partial charge on any atom is -0.480 e. The molecule has 2 fully saturated rings. The molecule has 6 rings (SSSR count). The molecule has 2 saturated heterocycles. The SMILES string of the molecule is [2H]c1nc(N2CCCC3(CN(C(=O)/C=C/C(C)=O)C3)C2)c2c(F)c(-c3cnc(OC)c(NS(=O)(=O)c4ccc(F)cc4F)c3)ccc2n1. The zero-order valence-electron chi connectivity index (χ0n) is 26.3. The highest BCUT2D eigenvalue weighted by molar-refractivity contribution is 7.92. The second-order valence-corrected chi connectivity index (χ2v) is 13.2. The van der Waals surface area contributed by atoms with Crippen LogP contribution >= 0.6 is 0 Å². The number of ether oxygens (including phenoxy) is 1. The fourth-order valence-electron chi connectivity index (χ4n) is 6.09. The van der Waals surface area contributed by atoms with Crippen LogP contribution in [0, 0.1) is 22.9 Å². The Labute approximate surface area is 269 Å². The summed E-state index contributed by atoms with van der Waals surface area (Å²) in [6.07, 6.45) is 5.00. The third-order valence-corrected chi connectivity index (χ3v) is 9.64. The van der Waals surface area contributed by atoms with Gasteiger partial charge in [-0.15, -0.1) is 0 Å². The van der Waals surface area contributed by atoms with Crippen molar-refractivity contribution in [2.45, 2.75) is 24.7 Å². The first-order valence-corrected chi connectivity index (χ1v) is 16.0. The van der Waals surface area contributed by atoms with Crippen molar-refractivity contribution in [3.05, 3.63) is 78.5 Å². The average Bonchev–Trinajstić information content (AvgIpc) is 3.01. The highest BCUT2D eigenvalue weighted by Crippen LogP contribution is 2.42. The molecule has 4 aromatic rings. The maximum atomic E-state index is 16.6. The summed E-state index contributed by atoms with van der Waals surface area (Å²) >= 11 is 0. The largest absolute Gasteiger partial charge is 0.480 e. The van der Waals surface area contributed by atoms with Gasteiger partial charge in [-0.05, 0) is 56.2 Å². The van der Waals surface area contributed by atoms with Crippen LogP contribution in [0.5, 0.6) is 5.88 Å². The number of carbonyl (C=O) groups excluding carboxylic acids is 2. The third-order valence-electron chi connectivity index (χ3n) is 8.24. The van der Waals surface area contributed by atoms with Crippen molar-refractivity contribution >= 4 is 44.1 Å². The molecule has 0 atom stereocenters. The van der Waals surface area contributed by atoms with Crippen molar-refractivity contribution in [3.8, 4) is 17.0 Å². The topological polar surface area (TPSA) is 135 Å². The van der Waals surface area contributed by atoms with E-state index in [1.165, 1.54) is 50.6 Å². The summed E-state index contributed by atoms with van der Waals surface area (Å²) < 4.78 is 86.0. The van der Waals surface area contributed by atoms with Crippen molar-refractivity contribution in [3.63, 3.8) is 0 Å². The van der Waals surface area contributed by atoms with Crippen LogP contribution in [0.1, 0.15) is 21.1 Å². The molecule has 0 saturated carbocycles. The summed E-state index contributed by atoms with van der Waals surface area (Å²) in [5.74, 6) is -3.47. The number of hydrogen-bond donors (Lipinski definition) is 1. The lowest BCUT2D eigenvalue weighted by Crippen LogP contribution is -2.64. The molecule has 2 aliphatic rings. The van der Waals surface area contributed by atoms with E-state index in [9.17, 15) is 26.8 Å². The van der Waals surface area contributed by atoms with E-state index in [-0.39, 0.29) is 62.8 Å². The molecule has 0 aliphatic carbocycles. The van der Waals surface area contributed by atoms with E-state index < -0.39 is 32.4 Å². The molecule has 2 aromatic heterocycles. The van der Waals surface area contributed by atoms with Crippen molar-refractivity contribution in [2.75, 3.05) is 42.9 Å². The second-order valence-electron chi connectivity index (χ2n) is 11.6. The Morgan fingerprint density at radius 1 is 1.06 bits per heavy atom. The van der Waals surface area contributed by atoms with E-state index in [1.54, 1.807) is 4.90 Å². The van der Waals surface area contributed by atoms with Gasteiger partial charge in [-0.25, -0.2) is 36.5 Å². The Morgan fingerprint density at radius 2 is 1.85 bits per heavy atom. The molecular formula is C32H29F3N6O5S. The Morgan fingerprint density at radius 3 is 2.57 bits per heavy atom. The Kier molecular flexibility index (Phi) is 7.99. The summed E-state index contributed by atoms with van der Waals surface area (Å²) in [7, 11) is -3.35. The lowest BCUT2D eigenvalue weighted by atomic mass is 9.73. The van der Waals surface area contributed by atoms with Gasteiger partial charge in [-0.1, -0.05) is 0 Å². The van der Waals surface area contributed by atoms with E-state index >= 15 is 4.39 Å². The Bertz CT molecular complexity index is 2110. The number of pyridine rings is 1. The Hall–Kier alpha value is -5.05. The fourth-order valence-corrected chi connectivity index (χ4v) is 7.20. The molecule has 0 unspecified atom stereocenters. The molecule has 2 aliphatic heterocycles. The number of likely N-dealkylation sites (tertiary alicyclic amines) is 1. The number of sulfonamides is 1. The number of aromatic nitrogens is 3. The summed E-state index contributed by atoms with van der Waals surface area (Å²) in [6.45, 7) is 3.23. The predicted octanol–water partition coefficient (Wildman–Crippen LogP) is 4.49. The minimum atomic E-state index is -4.58. The highest BCUT2D eigenvalue weighted by atomic mass is 32.2. The van der Waals surface area contributed by atoms with Gasteiger partial charge in [0, 0.05) is 61.1 Å². The van der Waals surface area contributed by atoms with Crippen LogP contribution in [0.2, 0.25) is 0 Å². The van der Waals surface area contributed by atoms with Crippen molar-refractivity contribution < 1.29 is 37.3 Å². The van der Waals surface area contributed by atoms with E-state index in [0.717, 1.165) is 25.0 Å². The van der Waals surface area contributed by atoms with Crippen LogP contribution < -0.4 is 14.4 Å². The Balaban J connectivity index is 1.34. The number of piperidine rings is 1. The number of hydrogen-bond acceptors (Lipinski definition) is 9.